The van der Waals surface area contributed by atoms with Gasteiger partial charge in [0.2, 0.25) is 0 Å². The summed E-state index contributed by atoms with van der Waals surface area (Å²) in [5.41, 5.74) is 3.61. The largest absolute Gasteiger partial charge is 0.285 e. The molecule has 0 aliphatic heterocycles. The molecule has 0 spiro atoms. The van der Waals surface area contributed by atoms with Crippen molar-refractivity contribution < 1.29 is 0 Å². The molecule has 0 aromatic heterocycles. The Balaban J connectivity index is 2.98. The second-order valence-corrected chi connectivity index (χ2v) is 2.83. The Morgan fingerprint density at radius 1 is 1.42 bits per heavy atom. The molecule has 0 saturated carbocycles. The van der Waals surface area contributed by atoms with Crippen LogP contribution in [0.5, 0.6) is 0 Å². The lowest BCUT2D eigenvalue weighted by molar-refractivity contribution is 1.13. The van der Waals surface area contributed by atoms with Gasteiger partial charge in [-0.2, -0.15) is 0 Å². The molecule has 0 aromatic carbocycles. The van der Waals surface area contributed by atoms with E-state index in [4.69, 9.17) is 0 Å². The molecule has 1 heteroatoms. The van der Waals surface area contributed by atoms with E-state index in [2.05, 4.69) is 43.1 Å². The van der Waals surface area contributed by atoms with Crippen LogP contribution in [-0.4, -0.2) is 12.3 Å². The molecule has 1 nitrogen and oxygen atoms in total. The third-order valence-electron chi connectivity index (χ3n) is 1.83. The molecule has 0 fully saturated rings. The molecule has 0 aromatic rings. The van der Waals surface area contributed by atoms with E-state index in [1.165, 1.54) is 11.1 Å². The van der Waals surface area contributed by atoms with Gasteiger partial charge in [0.1, 0.15) is 0 Å². The predicted molar refractivity (Wildman–Crippen MR) is 54.6 cm³/mol. The van der Waals surface area contributed by atoms with Crippen LogP contribution in [0.2, 0.25) is 0 Å². The molecule has 1 aliphatic carbocycles. The van der Waals surface area contributed by atoms with Gasteiger partial charge in [0, 0.05) is 6.54 Å². The third kappa shape index (κ3) is 1.94. The molecule has 1 rings (SSSR count). The molecule has 0 amide bonds. The molecule has 1 aliphatic rings. The van der Waals surface area contributed by atoms with Gasteiger partial charge in [0.25, 0.3) is 0 Å². The number of hydrogen-bond donors (Lipinski definition) is 0. The van der Waals surface area contributed by atoms with E-state index in [1.54, 1.807) is 0 Å². The number of hydrogen-bond acceptors (Lipinski definition) is 1. The van der Waals surface area contributed by atoms with Crippen LogP contribution in [-0.2, 0) is 0 Å². The van der Waals surface area contributed by atoms with E-state index in [9.17, 15) is 0 Å². The van der Waals surface area contributed by atoms with E-state index in [-0.39, 0.29) is 0 Å². The number of rotatable bonds is 1. The average Bonchev–Trinajstić information content (AvgIpc) is 2.05. The summed E-state index contributed by atoms with van der Waals surface area (Å²) in [7, 11) is 0. The highest BCUT2D eigenvalue weighted by Crippen LogP contribution is 2.12. The van der Waals surface area contributed by atoms with E-state index in [1.807, 2.05) is 6.92 Å². The van der Waals surface area contributed by atoms with E-state index in [0.29, 0.717) is 0 Å². The summed E-state index contributed by atoms with van der Waals surface area (Å²) in [4.78, 5) is 4.41. The fourth-order valence-electron chi connectivity index (χ4n) is 1.21. The van der Waals surface area contributed by atoms with Crippen molar-refractivity contribution in [2.45, 2.75) is 20.8 Å². The molecule has 64 valence electrons. The first kappa shape index (κ1) is 8.98. The maximum atomic E-state index is 4.41. The highest BCUT2D eigenvalue weighted by molar-refractivity contribution is 6.12. The summed E-state index contributed by atoms with van der Waals surface area (Å²) in [5.74, 6) is 0. The van der Waals surface area contributed by atoms with Gasteiger partial charge in [0.05, 0.1) is 5.71 Å². The van der Waals surface area contributed by atoms with Gasteiger partial charge in [-0.15, -0.1) is 0 Å². The number of allylic oxidation sites excluding steroid dienone is 6. The SMILES string of the molecule is C/C=C1/C=CC(C)=CC1=NCC. The molecular weight excluding hydrogens is 146 g/mol. The van der Waals surface area contributed by atoms with Gasteiger partial charge in [-0.3, -0.25) is 4.99 Å². The summed E-state index contributed by atoms with van der Waals surface area (Å²) >= 11 is 0. The van der Waals surface area contributed by atoms with Crippen LogP contribution in [0.25, 0.3) is 0 Å². The van der Waals surface area contributed by atoms with Crippen LogP contribution in [0.1, 0.15) is 20.8 Å². The predicted octanol–water partition coefficient (Wildman–Crippen LogP) is 2.91. The van der Waals surface area contributed by atoms with E-state index in [0.717, 1.165) is 12.3 Å². The van der Waals surface area contributed by atoms with Gasteiger partial charge < -0.3 is 0 Å². The van der Waals surface area contributed by atoms with Crippen molar-refractivity contribution in [3.63, 3.8) is 0 Å². The second-order valence-electron chi connectivity index (χ2n) is 2.83. The Morgan fingerprint density at radius 3 is 2.75 bits per heavy atom. The zero-order chi connectivity index (χ0) is 8.97. The topological polar surface area (TPSA) is 12.4 Å². The second kappa shape index (κ2) is 4.05. The van der Waals surface area contributed by atoms with E-state index < -0.39 is 0 Å². The van der Waals surface area contributed by atoms with Crippen LogP contribution in [0.3, 0.4) is 0 Å². The summed E-state index contributed by atoms with van der Waals surface area (Å²) in [5, 5.41) is 0. The van der Waals surface area contributed by atoms with Crippen LogP contribution in [0, 0.1) is 0 Å². The standard InChI is InChI=1S/C11H15N/c1-4-10-7-6-9(3)8-11(10)12-5-2/h4,6-8H,5H2,1-3H3/b10-4-,12-11?. The van der Waals surface area contributed by atoms with Gasteiger partial charge in [-0.25, -0.2) is 0 Å². The van der Waals surface area contributed by atoms with Crippen LogP contribution >= 0.6 is 0 Å². The number of aliphatic imine (C=N–C) groups is 1. The first-order chi connectivity index (χ1) is 5.77. The van der Waals surface area contributed by atoms with Crippen molar-refractivity contribution in [3.05, 3.63) is 35.5 Å². The normalized spacial score (nSPS) is 23.4. The smallest absolute Gasteiger partial charge is 0.0645 e. The van der Waals surface area contributed by atoms with Gasteiger partial charge >= 0.3 is 0 Å². The Labute approximate surface area is 74.2 Å². The van der Waals surface area contributed by atoms with Crippen molar-refractivity contribution in [2.75, 3.05) is 6.54 Å². The van der Waals surface area contributed by atoms with Crippen LogP contribution in [0.4, 0.5) is 0 Å². The fourth-order valence-corrected chi connectivity index (χ4v) is 1.21. The minimum atomic E-state index is 0.851. The molecule has 0 bridgehead atoms. The lowest BCUT2D eigenvalue weighted by Gasteiger charge is -2.08. The lowest BCUT2D eigenvalue weighted by atomic mass is 10.0. The number of nitrogens with zero attached hydrogens (tertiary/aromatic N) is 1. The Morgan fingerprint density at radius 2 is 2.17 bits per heavy atom. The minimum Gasteiger partial charge on any atom is -0.285 e. The summed E-state index contributed by atoms with van der Waals surface area (Å²) in [6.07, 6.45) is 8.45. The minimum absolute atomic E-state index is 0.851. The highest BCUT2D eigenvalue weighted by Gasteiger charge is 2.03. The summed E-state index contributed by atoms with van der Waals surface area (Å²) in [6.45, 7) is 7.04. The quantitative estimate of drug-likeness (QED) is 0.560. The fraction of sp³-hybridized carbons (Fsp3) is 0.364. The molecule has 0 atom stereocenters. The maximum absolute atomic E-state index is 4.41. The average molecular weight is 161 g/mol. The van der Waals surface area contributed by atoms with E-state index >= 15 is 0 Å². The Bertz CT molecular complexity index is 277. The molecule has 0 saturated heterocycles. The van der Waals surface area contributed by atoms with Crippen molar-refractivity contribution in [3.8, 4) is 0 Å². The van der Waals surface area contributed by atoms with Crippen molar-refractivity contribution in [1.82, 2.24) is 0 Å². The Hall–Kier alpha value is -1.11. The zero-order valence-electron chi connectivity index (χ0n) is 7.96. The molecular formula is C11H15N. The molecule has 12 heavy (non-hydrogen) atoms. The Kier molecular flexibility index (Phi) is 3.03. The molecule has 0 heterocycles. The molecule has 0 unspecified atom stereocenters. The maximum Gasteiger partial charge on any atom is 0.0645 e. The summed E-state index contributed by atoms with van der Waals surface area (Å²) in [6, 6.07) is 0. The van der Waals surface area contributed by atoms with Crippen molar-refractivity contribution >= 4 is 5.71 Å². The van der Waals surface area contributed by atoms with Gasteiger partial charge in [-0.1, -0.05) is 18.2 Å². The molecule has 0 radical (unpaired) electrons. The zero-order valence-corrected chi connectivity index (χ0v) is 7.96. The van der Waals surface area contributed by atoms with Crippen molar-refractivity contribution in [2.24, 2.45) is 4.99 Å². The monoisotopic (exact) mass is 161 g/mol. The van der Waals surface area contributed by atoms with Crippen molar-refractivity contribution in [1.29, 1.82) is 0 Å². The highest BCUT2D eigenvalue weighted by atomic mass is 14.7. The lowest BCUT2D eigenvalue weighted by Crippen LogP contribution is -2.02. The third-order valence-corrected chi connectivity index (χ3v) is 1.83. The van der Waals surface area contributed by atoms with Crippen LogP contribution < -0.4 is 0 Å². The van der Waals surface area contributed by atoms with Gasteiger partial charge in [0.15, 0.2) is 0 Å². The first-order valence-electron chi connectivity index (χ1n) is 4.35. The first-order valence-corrected chi connectivity index (χ1v) is 4.35. The molecule has 0 N–H and O–H groups in total. The van der Waals surface area contributed by atoms with Gasteiger partial charge in [-0.05, 0) is 38.0 Å². The van der Waals surface area contributed by atoms with Crippen LogP contribution in [0.15, 0.2) is 40.4 Å². The summed E-state index contributed by atoms with van der Waals surface area (Å²) < 4.78 is 0.